The molecule has 2 aromatic heterocycles. The second-order valence-corrected chi connectivity index (χ2v) is 5.56. The number of fused-ring (bicyclic) bond motifs is 1. The monoisotopic (exact) mass is 360 g/mol. The average Bonchev–Trinajstić information content (AvgIpc) is 2.58. The summed E-state index contributed by atoms with van der Waals surface area (Å²) in [4.78, 5) is 30.4. The Morgan fingerprint density at radius 1 is 1.23 bits per heavy atom. The highest BCUT2D eigenvalue weighted by Crippen LogP contribution is 2.24. The van der Waals surface area contributed by atoms with Crippen LogP contribution in [0.15, 0.2) is 35.3 Å². The van der Waals surface area contributed by atoms with Crippen LogP contribution >= 0.6 is 0 Å². The van der Waals surface area contributed by atoms with Gasteiger partial charge in [-0.15, -0.1) is 0 Å². The number of carbonyl (C=O) groups is 1. The van der Waals surface area contributed by atoms with E-state index in [0.29, 0.717) is 11.1 Å². The van der Waals surface area contributed by atoms with Gasteiger partial charge in [0, 0.05) is 6.20 Å². The third-order valence-corrected chi connectivity index (χ3v) is 3.75. The number of H-pyrrole nitrogens is 1. The lowest BCUT2D eigenvalue weighted by molar-refractivity contribution is 0.0521. The van der Waals surface area contributed by atoms with Crippen LogP contribution in [0.2, 0.25) is 0 Å². The van der Waals surface area contributed by atoms with E-state index in [0.717, 1.165) is 12.1 Å². The van der Waals surface area contributed by atoms with E-state index >= 15 is 0 Å². The van der Waals surface area contributed by atoms with Crippen molar-refractivity contribution < 1.29 is 23.4 Å². The van der Waals surface area contributed by atoms with Crippen LogP contribution in [0.5, 0.6) is 5.75 Å². The summed E-state index contributed by atoms with van der Waals surface area (Å²) < 4.78 is 31.1. The number of ether oxygens (including phenoxy) is 1. The molecule has 0 unspecified atom stereocenters. The van der Waals surface area contributed by atoms with Crippen molar-refractivity contribution in [1.29, 1.82) is 0 Å². The fourth-order valence-electron chi connectivity index (χ4n) is 2.58. The Morgan fingerprint density at radius 2 is 2.00 bits per heavy atom. The van der Waals surface area contributed by atoms with E-state index < -0.39 is 34.5 Å². The lowest BCUT2D eigenvalue weighted by Crippen LogP contribution is -2.20. The van der Waals surface area contributed by atoms with Gasteiger partial charge < -0.3 is 14.8 Å². The molecule has 0 atom stereocenters. The Morgan fingerprint density at radius 3 is 2.69 bits per heavy atom. The van der Waals surface area contributed by atoms with E-state index in [4.69, 9.17) is 4.74 Å². The Bertz CT molecular complexity index is 1060. The summed E-state index contributed by atoms with van der Waals surface area (Å²) in [7, 11) is 0. The molecule has 0 aliphatic heterocycles. The summed E-state index contributed by atoms with van der Waals surface area (Å²) in [6, 6.07) is 5.08. The van der Waals surface area contributed by atoms with Gasteiger partial charge in [0.05, 0.1) is 12.1 Å². The van der Waals surface area contributed by atoms with Crippen molar-refractivity contribution in [1.82, 2.24) is 9.97 Å². The van der Waals surface area contributed by atoms with Crippen molar-refractivity contribution in [3.63, 3.8) is 0 Å². The van der Waals surface area contributed by atoms with Gasteiger partial charge in [-0.05, 0) is 42.7 Å². The van der Waals surface area contributed by atoms with E-state index in [-0.39, 0.29) is 24.1 Å². The van der Waals surface area contributed by atoms with Gasteiger partial charge in [0.15, 0.2) is 22.9 Å². The molecular weight excluding hydrogens is 346 g/mol. The molecule has 26 heavy (non-hydrogen) atoms. The van der Waals surface area contributed by atoms with Gasteiger partial charge in [-0.2, -0.15) is 0 Å². The van der Waals surface area contributed by atoms with Crippen LogP contribution in [-0.2, 0) is 11.2 Å². The van der Waals surface area contributed by atoms with Crippen LogP contribution in [0.3, 0.4) is 0 Å². The number of nitrogens with one attached hydrogen (secondary N) is 1. The molecule has 0 aliphatic rings. The van der Waals surface area contributed by atoms with Gasteiger partial charge in [0.25, 0.3) is 5.56 Å². The first kappa shape index (κ1) is 17.5. The second kappa shape index (κ2) is 6.91. The number of benzene rings is 1. The Balaban J connectivity index is 2.01. The van der Waals surface area contributed by atoms with E-state index in [1.807, 2.05) is 0 Å². The van der Waals surface area contributed by atoms with Crippen molar-refractivity contribution in [3.8, 4) is 5.75 Å². The number of aromatic amines is 1. The third kappa shape index (κ3) is 3.26. The summed E-state index contributed by atoms with van der Waals surface area (Å²) >= 11 is 0. The zero-order chi connectivity index (χ0) is 18.8. The van der Waals surface area contributed by atoms with Gasteiger partial charge in [-0.3, -0.25) is 9.78 Å². The SMILES string of the molecule is CCOC(=O)c1c(O)c2ncc(Cc3ccc(F)c(F)c3)cc2[nH]c1=O. The molecule has 0 bridgehead atoms. The highest BCUT2D eigenvalue weighted by atomic mass is 19.2. The maximum absolute atomic E-state index is 13.3. The number of hydrogen-bond donors (Lipinski definition) is 2. The van der Waals surface area contributed by atoms with Gasteiger partial charge in [0.2, 0.25) is 0 Å². The fourth-order valence-corrected chi connectivity index (χ4v) is 2.58. The Hall–Kier alpha value is -3.29. The zero-order valence-electron chi connectivity index (χ0n) is 13.7. The predicted octanol–water partition coefficient (Wildman–Crippen LogP) is 2.67. The number of aromatic hydroxyl groups is 1. The molecule has 0 fully saturated rings. The molecule has 0 spiro atoms. The number of pyridine rings is 2. The van der Waals surface area contributed by atoms with Crippen molar-refractivity contribution >= 4 is 17.0 Å². The van der Waals surface area contributed by atoms with Gasteiger partial charge in [0.1, 0.15) is 5.52 Å². The molecule has 1 aromatic carbocycles. The first-order chi connectivity index (χ1) is 12.4. The molecule has 6 nitrogen and oxygen atoms in total. The lowest BCUT2D eigenvalue weighted by atomic mass is 10.1. The molecule has 0 aliphatic carbocycles. The predicted molar refractivity (Wildman–Crippen MR) is 89.1 cm³/mol. The summed E-state index contributed by atoms with van der Waals surface area (Å²) in [5.41, 5.74) is 0.0324. The molecule has 3 rings (SSSR count). The minimum absolute atomic E-state index is 0.0293. The van der Waals surface area contributed by atoms with Crippen LogP contribution in [0.25, 0.3) is 11.0 Å². The fraction of sp³-hybridized carbons (Fsp3) is 0.167. The van der Waals surface area contributed by atoms with E-state index in [1.54, 1.807) is 13.0 Å². The summed E-state index contributed by atoms with van der Waals surface area (Å²) in [6.45, 7) is 1.63. The summed E-state index contributed by atoms with van der Waals surface area (Å²) in [5, 5.41) is 10.2. The second-order valence-electron chi connectivity index (χ2n) is 5.56. The van der Waals surface area contributed by atoms with E-state index in [9.17, 15) is 23.5 Å². The molecule has 0 amide bonds. The lowest BCUT2D eigenvalue weighted by Gasteiger charge is -2.08. The van der Waals surface area contributed by atoms with Crippen LogP contribution in [0.4, 0.5) is 8.78 Å². The van der Waals surface area contributed by atoms with Gasteiger partial charge in [-0.1, -0.05) is 6.07 Å². The summed E-state index contributed by atoms with van der Waals surface area (Å²) in [5.74, 6) is -3.41. The smallest absolute Gasteiger partial charge is 0.347 e. The van der Waals surface area contributed by atoms with Crippen LogP contribution in [0.1, 0.15) is 28.4 Å². The Kier molecular flexibility index (Phi) is 4.66. The number of esters is 1. The van der Waals surface area contributed by atoms with Gasteiger partial charge >= 0.3 is 5.97 Å². The molecule has 134 valence electrons. The third-order valence-electron chi connectivity index (χ3n) is 3.75. The first-order valence-corrected chi connectivity index (χ1v) is 7.75. The minimum Gasteiger partial charge on any atom is -0.505 e. The number of hydrogen-bond acceptors (Lipinski definition) is 5. The molecule has 0 radical (unpaired) electrons. The largest absolute Gasteiger partial charge is 0.505 e. The normalized spacial score (nSPS) is 10.9. The Labute approximate surface area is 146 Å². The molecule has 3 aromatic rings. The van der Waals surface area contributed by atoms with Crippen molar-refractivity contribution in [2.45, 2.75) is 13.3 Å². The van der Waals surface area contributed by atoms with E-state index in [2.05, 4.69) is 9.97 Å². The molecule has 2 heterocycles. The zero-order valence-corrected chi connectivity index (χ0v) is 13.7. The highest BCUT2D eigenvalue weighted by molar-refractivity contribution is 5.97. The topological polar surface area (TPSA) is 92.3 Å². The number of rotatable bonds is 4. The minimum atomic E-state index is -0.957. The average molecular weight is 360 g/mol. The maximum Gasteiger partial charge on any atom is 0.347 e. The molecule has 2 N–H and O–H groups in total. The van der Waals surface area contributed by atoms with Crippen LogP contribution < -0.4 is 5.56 Å². The number of nitrogens with zero attached hydrogens (tertiary/aromatic N) is 1. The summed E-state index contributed by atoms with van der Waals surface area (Å²) in [6.07, 6.45) is 1.65. The number of carbonyl (C=O) groups excluding carboxylic acids is 1. The van der Waals surface area contributed by atoms with Crippen molar-refractivity contribution in [2.24, 2.45) is 0 Å². The van der Waals surface area contributed by atoms with Crippen molar-refractivity contribution in [2.75, 3.05) is 6.61 Å². The van der Waals surface area contributed by atoms with Gasteiger partial charge in [-0.25, -0.2) is 13.6 Å². The van der Waals surface area contributed by atoms with Crippen LogP contribution in [-0.4, -0.2) is 27.7 Å². The molecule has 0 saturated heterocycles. The van der Waals surface area contributed by atoms with Crippen LogP contribution in [0, 0.1) is 11.6 Å². The first-order valence-electron chi connectivity index (χ1n) is 7.75. The maximum atomic E-state index is 13.3. The van der Waals surface area contributed by atoms with Crippen molar-refractivity contribution in [3.05, 3.63) is 69.1 Å². The standard InChI is InChI=1S/C18H14F2N2O4/c1-2-26-18(25)14-16(23)15-13(22-17(14)24)7-10(8-21-15)5-9-3-4-11(19)12(20)6-9/h3-4,6-8H,2,5H2,1H3,(H2,22,23,24). The highest BCUT2D eigenvalue weighted by Gasteiger charge is 2.21. The number of aromatic nitrogens is 2. The molecular formula is C18H14F2N2O4. The quantitative estimate of drug-likeness (QED) is 0.698. The molecule has 8 heteroatoms. The molecule has 0 saturated carbocycles. The van der Waals surface area contributed by atoms with E-state index in [1.165, 1.54) is 12.3 Å². The number of halogens is 2.